The Morgan fingerprint density at radius 1 is 0.630 bits per heavy atom. The van der Waals surface area contributed by atoms with Crippen molar-refractivity contribution in [1.82, 2.24) is 0 Å². The molecule has 27 heavy (non-hydrogen) atoms. The summed E-state index contributed by atoms with van der Waals surface area (Å²) < 4.78 is 1.01. The molecule has 6 atom stereocenters. The van der Waals surface area contributed by atoms with Crippen LogP contribution < -0.4 is 0 Å². The Kier molecular flexibility index (Phi) is 9.58. The Balaban J connectivity index is 0.000000872. The first kappa shape index (κ1) is 22.7. The van der Waals surface area contributed by atoms with E-state index >= 15 is 0 Å². The second kappa shape index (κ2) is 11.4. The zero-order valence-corrected chi connectivity index (χ0v) is 22.7. The normalized spacial score (nSPS) is 43.4. The molecular formula is C21H36AuClPS3+. The maximum absolute atomic E-state index is 4.58. The Morgan fingerprint density at radius 3 is 1.89 bits per heavy atom. The van der Waals surface area contributed by atoms with Gasteiger partial charge in [0.15, 0.2) is 0 Å². The summed E-state index contributed by atoms with van der Waals surface area (Å²) in [5, 5.41) is 1.09. The van der Waals surface area contributed by atoms with Gasteiger partial charge in [0.05, 0.1) is 21.6 Å². The molecule has 3 aliphatic heterocycles. The number of halogens is 1. The van der Waals surface area contributed by atoms with E-state index in [0.717, 1.165) is 21.7 Å². The molecule has 0 aromatic rings. The van der Waals surface area contributed by atoms with Crippen LogP contribution in [0.5, 0.6) is 0 Å². The van der Waals surface area contributed by atoms with E-state index in [9.17, 15) is 0 Å². The van der Waals surface area contributed by atoms with E-state index in [1.54, 1.807) is 84.2 Å². The van der Waals surface area contributed by atoms with Crippen LogP contribution in [0.1, 0.15) is 70.6 Å². The monoisotopic (exact) mass is 647 g/mol. The fourth-order valence-corrected chi connectivity index (χ4v) is 19.1. The van der Waals surface area contributed by atoms with Gasteiger partial charge in [-0.3, -0.25) is 0 Å². The molecule has 0 N–H and O–H groups in total. The molecule has 0 aromatic carbocycles. The van der Waals surface area contributed by atoms with E-state index in [4.69, 9.17) is 0 Å². The number of thioether (sulfide) groups is 3. The molecule has 2 aliphatic carbocycles. The van der Waals surface area contributed by atoms with Crippen LogP contribution in [-0.2, 0) is 20.0 Å². The first-order valence-corrected chi connectivity index (χ1v) is 18.8. The number of hydrogen-bond donors (Lipinski definition) is 0. The maximum atomic E-state index is 4.58. The summed E-state index contributed by atoms with van der Waals surface area (Å²) in [6, 6.07) is 0. The third-order valence-electron chi connectivity index (χ3n) is 7.95. The number of rotatable bonds is 3. The Bertz CT molecular complexity index is 421. The van der Waals surface area contributed by atoms with Crippen molar-refractivity contribution < 1.29 is 20.0 Å². The molecule has 0 radical (unpaired) electrons. The molecule has 5 aliphatic rings. The summed E-state index contributed by atoms with van der Waals surface area (Å²) in [6.45, 7) is 0. The molecule has 0 bridgehead atoms. The van der Waals surface area contributed by atoms with E-state index in [1.165, 1.54) is 40.7 Å². The number of hydrogen-bond acceptors (Lipinski definition) is 3. The number of fused-ring (bicyclic) bond motifs is 1. The van der Waals surface area contributed by atoms with Crippen LogP contribution in [0.2, 0.25) is 0 Å². The summed E-state index contributed by atoms with van der Waals surface area (Å²) in [6.07, 6.45) is 17.4. The Morgan fingerprint density at radius 2 is 1.26 bits per heavy atom. The van der Waals surface area contributed by atoms with Crippen molar-refractivity contribution in [2.75, 3.05) is 17.3 Å². The van der Waals surface area contributed by atoms with Crippen LogP contribution in [0.4, 0.5) is 0 Å². The van der Waals surface area contributed by atoms with Gasteiger partial charge in [-0.25, -0.2) is 0 Å². The average molecular weight is 648 g/mol. The molecule has 0 aromatic heterocycles. The summed E-state index contributed by atoms with van der Waals surface area (Å²) in [7, 11) is 4.38. The zero-order valence-electron chi connectivity index (χ0n) is 16.3. The molecule has 160 valence electrons. The minimum absolute atomic E-state index is 0.199. The molecule has 5 fully saturated rings. The van der Waals surface area contributed by atoms with E-state index in [0.29, 0.717) is 0 Å². The van der Waals surface area contributed by atoms with Gasteiger partial charge < -0.3 is 0 Å². The van der Waals surface area contributed by atoms with Gasteiger partial charge in [-0.15, -0.1) is 23.5 Å². The third-order valence-corrected chi connectivity index (χ3v) is 18.0. The molecule has 0 amide bonds. The van der Waals surface area contributed by atoms with Crippen LogP contribution >= 0.6 is 52.4 Å². The Hall–Kier alpha value is 2.51. The minimum atomic E-state index is -0.199. The van der Waals surface area contributed by atoms with Crippen molar-refractivity contribution in [2.24, 2.45) is 11.8 Å². The molecule has 0 nitrogen and oxygen atoms in total. The van der Waals surface area contributed by atoms with Crippen molar-refractivity contribution in [3.05, 3.63) is 0 Å². The summed E-state index contributed by atoms with van der Waals surface area (Å²) >= 11 is 8.95. The van der Waals surface area contributed by atoms with Crippen LogP contribution in [-0.4, -0.2) is 44.1 Å². The molecule has 6 unspecified atom stereocenters. The second-order valence-electron chi connectivity index (χ2n) is 9.16. The zero-order chi connectivity index (χ0) is 18.6. The summed E-state index contributed by atoms with van der Waals surface area (Å²) in [4.78, 5) is 0. The first-order valence-electron chi connectivity index (χ1n) is 11.3. The van der Waals surface area contributed by atoms with Gasteiger partial charge in [-0.1, -0.05) is 19.3 Å². The van der Waals surface area contributed by atoms with Crippen molar-refractivity contribution in [2.45, 2.75) is 97.4 Å². The van der Waals surface area contributed by atoms with Crippen LogP contribution in [0, 0.1) is 11.8 Å². The van der Waals surface area contributed by atoms with Crippen LogP contribution in [0.25, 0.3) is 0 Å². The summed E-state index contributed by atoms with van der Waals surface area (Å²) in [5.74, 6) is 6.69. The first-order chi connectivity index (χ1) is 13.4. The van der Waals surface area contributed by atoms with Crippen LogP contribution in [0.3, 0.4) is 0 Å². The predicted octanol–water partition coefficient (Wildman–Crippen LogP) is 7.48. The fourth-order valence-electron chi connectivity index (χ4n) is 7.10. The Labute approximate surface area is 197 Å². The van der Waals surface area contributed by atoms with E-state index in [1.807, 2.05) is 0 Å². The van der Waals surface area contributed by atoms with E-state index in [-0.39, 0.29) is 7.92 Å². The van der Waals surface area contributed by atoms with Gasteiger partial charge in [-0.05, 0) is 57.1 Å². The average Bonchev–Trinajstić information content (AvgIpc) is 3.49. The van der Waals surface area contributed by atoms with Crippen molar-refractivity contribution >= 4 is 52.4 Å². The molecular weight excluding hydrogens is 612 g/mol. The SMILES string of the molecule is C1CCC([PH+]2C(C3CCCS3)C3CCCCC3C2C2SCCS2)CC1.[Cl][Au]. The van der Waals surface area contributed by atoms with Gasteiger partial charge >= 0.3 is 29.2 Å². The van der Waals surface area contributed by atoms with Gasteiger partial charge in [0.1, 0.15) is 0 Å². The van der Waals surface area contributed by atoms with Crippen molar-refractivity contribution in [3.63, 3.8) is 0 Å². The standard InChI is InChI=1S/C21H35PS3.Au.ClH/c1-2-7-15(8-3-1)22-19(18-11-6-12-23-18)16-9-4-5-10-17(16)20(22)21-24-13-14-25-21;;/h15-21H,1-14H2;;1H/q;+1;. The van der Waals surface area contributed by atoms with Crippen LogP contribution in [0.15, 0.2) is 0 Å². The van der Waals surface area contributed by atoms with Crippen molar-refractivity contribution in [1.29, 1.82) is 0 Å². The van der Waals surface area contributed by atoms with Gasteiger partial charge in [0, 0.05) is 36.5 Å². The molecule has 5 rings (SSSR count). The van der Waals surface area contributed by atoms with Gasteiger partial charge in [-0.2, -0.15) is 11.8 Å². The van der Waals surface area contributed by atoms with Crippen molar-refractivity contribution in [3.8, 4) is 0 Å². The third kappa shape index (κ3) is 4.97. The molecule has 3 heterocycles. The quantitative estimate of drug-likeness (QED) is 0.230. The second-order valence-corrected chi connectivity index (χ2v) is 16.5. The fraction of sp³-hybridized carbons (Fsp3) is 1.00. The molecule has 2 saturated carbocycles. The predicted molar refractivity (Wildman–Crippen MR) is 128 cm³/mol. The molecule has 0 spiro atoms. The topological polar surface area (TPSA) is 0 Å². The van der Waals surface area contributed by atoms with E-state index in [2.05, 4.69) is 44.5 Å². The molecule has 6 heteroatoms. The summed E-state index contributed by atoms with van der Waals surface area (Å²) in [5.41, 5.74) is 3.59. The van der Waals surface area contributed by atoms with E-state index < -0.39 is 0 Å². The van der Waals surface area contributed by atoms with Gasteiger partial charge in [0.25, 0.3) is 0 Å². The van der Waals surface area contributed by atoms with Gasteiger partial charge in [0.2, 0.25) is 0 Å². The molecule has 3 saturated heterocycles.